The molecule has 0 spiro atoms. The quantitative estimate of drug-likeness (QED) is 0.904. The van der Waals surface area contributed by atoms with E-state index in [1.165, 1.54) is 11.3 Å². The molecule has 1 aromatic rings. The van der Waals surface area contributed by atoms with Gasteiger partial charge in [0.1, 0.15) is 11.5 Å². The number of fused-ring (bicyclic) bond motifs is 1. The van der Waals surface area contributed by atoms with Crippen LogP contribution in [0.4, 0.5) is 10.5 Å². The van der Waals surface area contributed by atoms with Crippen LogP contribution in [-0.2, 0) is 6.42 Å². The van der Waals surface area contributed by atoms with Gasteiger partial charge in [-0.3, -0.25) is 0 Å². The van der Waals surface area contributed by atoms with Gasteiger partial charge in [-0.2, -0.15) is 0 Å². The number of nitrogens with one attached hydrogen (secondary N) is 1. The molecule has 1 N–H and O–H groups in total. The predicted molar refractivity (Wildman–Crippen MR) is 82.8 cm³/mol. The lowest BCUT2D eigenvalue weighted by Crippen LogP contribution is -2.51. The summed E-state index contributed by atoms with van der Waals surface area (Å²) < 4.78 is 5.55. The molecule has 0 atom stereocenters. The van der Waals surface area contributed by atoms with Crippen LogP contribution in [0, 0.1) is 0 Å². The summed E-state index contributed by atoms with van der Waals surface area (Å²) in [7, 11) is 0. The highest BCUT2D eigenvalue weighted by atomic mass is 16.5. The van der Waals surface area contributed by atoms with Crippen LogP contribution in [0.3, 0.4) is 0 Å². The van der Waals surface area contributed by atoms with E-state index in [0.29, 0.717) is 6.54 Å². The predicted octanol–water partition coefficient (Wildman–Crippen LogP) is 1.99. The Morgan fingerprint density at radius 2 is 2.10 bits per heavy atom. The van der Waals surface area contributed by atoms with Crippen molar-refractivity contribution in [2.45, 2.75) is 13.3 Å². The van der Waals surface area contributed by atoms with Gasteiger partial charge >= 0.3 is 6.03 Å². The third kappa shape index (κ3) is 2.82. The fraction of sp³-hybridized carbons (Fsp3) is 0.438. The Morgan fingerprint density at radius 1 is 1.33 bits per heavy atom. The molecule has 0 radical (unpaired) electrons. The first-order valence-electron chi connectivity index (χ1n) is 7.43. The molecule has 1 fully saturated rings. The van der Waals surface area contributed by atoms with Gasteiger partial charge in [0.2, 0.25) is 0 Å². The molecular formula is C16H21N3O2. The summed E-state index contributed by atoms with van der Waals surface area (Å²) in [6.45, 7) is 9.71. The van der Waals surface area contributed by atoms with Crippen LogP contribution >= 0.6 is 0 Å². The second kappa shape index (κ2) is 5.68. The van der Waals surface area contributed by atoms with E-state index < -0.39 is 0 Å². The number of nitrogens with zero attached hydrogens (tertiary/aromatic N) is 2. The van der Waals surface area contributed by atoms with Crippen molar-refractivity contribution in [1.29, 1.82) is 0 Å². The number of anilines is 1. The molecule has 112 valence electrons. The van der Waals surface area contributed by atoms with Crippen LogP contribution in [0.5, 0.6) is 5.75 Å². The van der Waals surface area contributed by atoms with Crippen molar-refractivity contribution in [3.05, 3.63) is 36.1 Å². The number of hydrogen-bond donors (Lipinski definition) is 1. The maximum absolute atomic E-state index is 11.8. The molecule has 2 heterocycles. The monoisotopic (exact) mass is 287 g/mol. The highest BCUT2D eigenvalue weighted by molar-refractivity contribution is 5.74. The van der Waals surface area contributed by atoms with Crippen LogP contribution < -0.4 is 15.0 Å². The van der Waals surface area contributed by atoms with Gasteiger partial charge in [0.05, 0.1) is 0 Å². The summed E-state index contributed by atoms with van der Waals surface area (Å²) in [5.41, 5.74) is 2.39. The van der Waals surface area contributed by atoms with Crippen molar-refractivity contribution in [2.24, 2.45) is 0 Å². The number of urea groups is 1. The minimum Gasteiger partial charge on any atom is -0.462 e. The minimum absolute atomic E-state index is 0.0378. The van der Waals surface area contributed by atoms with Crippen molar-refractivity contribution >= 4 is 11.7 Å². The molecule has 1 aromatic carbocycles. The van der Waals surface area contributed by atoms with Crippen LogP contribution in [0.2, 0.25) is 0 Å². The van der Waals surface area contributed by atoms with Gasteiger partial charge in [-0.1, -0.05) is 6.58 Å². The molecule has 0 bridgehead atoms. The molecular weight excluding hydrogens is 266 g/mol. The van der Waals surface area contributed by atoms with Gasteiger partial charge in [0, 0.05) is 50.4 Å². The molecule has 0 saturated carbocycles. The molecule has 2 aliphatic rings. The van der Waals surface area contributed by atoms with Gasteiger partial charge in [-0.15, -0.1) is 0 Å². The number of benzene rings is 1. The number of allylic oxidation sites excluding steroid dienone is 1. The summed E-state index contributed by atoms with van der Waals surface area (Å²) >= 11 is 0. The summed E-state index contributed by atoms with van der Waals surface area (Å²) in [6, 6.07) is 6.31. The molecule has 0 aromatic heterocycles. The highest BCUT2D eigenvalue weighted by Gasteiger charge is 2.22. The number of rotatable bonds is 2. The standard InChI is InChI=1S/C16H21N3O2/c1-3-17-16(20)19-8-6-18(7-9-19)14-4-5-15-13(11-14)10-12(2)21-15/h4-5,11H,2-3,6-10H2,1H3,(H,17,20). The van der Waals surface area contributed by atoms with E-state index in [9.17, 15) is 4.79 Å². The molecule has 21 heavy (non-hydrogen) atoms. The van der Waals surface area contributed by atoms with Gasteiger partial charge in [0.15, 0.2) is 0 Å². The molecule has 5 nitrogen and oxygen atoms in total. The molecule has 0 aliphatic carbocycles. The van der Waals surface area contributed by atoms with E-state index >= 15 is 0 Å². The highest BCUT2D eigenvalue weighted by Crippen LogP contribution is 2.33. The number of amides is 2. The second-order valence-electron chi connectivity index (χ2n) is 5.42. The molecule has 3 rings (SSSR count). The van der Waals surface area contributed by atoms with Crippen molar-refractivity contribution < 1.29 is 9.53 Å². The van der Waals surface area contributed by atoms with E-state index in [-0.39, 0.29) is 6.03 Å². The Labute approximate surface area is 125 Å². The maximum atomic E-state index is 11.8. The third-order valence-electron chi connectivity index (χ3n) is 3.95. The summed E-state index contributed by atoms with van der Waals surface area (Å²) in [5.74, 6) is 1.73. The molecule has 2 amide bonds. The zero-order chi connectivity index (χ0) is 14.8. The number of carbonyl (C=O) groups excluding carboxylic acids is 1. The Hall–Kier alpha value is -2.17. The van der Waals surface area contributed by atoms with Crippen molar-refractivity contribution in [3.8, 4) is 5.75 Å². The normalized spacial score (nSPS) is 17.5. The number of carbonyl (C=O) groups is 1. The smallest absolute Gasteiger partial charge is 0.317 e. The molecule has 5 heteroatoms. The molecule has 2 aliphatic heterocycles. The van der Waals surface area contributed by atoms with E-state index in [1.54, 1.807) is 0 Å². The fourth-order valence-electron chi connectivity index (χ4n) is 2.84. The molecule has 0 unspecified atom stereocenters. The van der Waals surface area contributed by atoms with E-state index in [1.807, 2.05) is 17.9 Å². The average molecular weight is 287 g/mol. The summed E-state index contributed by atoms with van der Waals surface area (Å²) in [4.78, 5) is 16.0. The number of piperazine rings is 1. The second-order valence-corrected chi connectivity index (χ2v) is 5.42. The fourth-order valence-corrected chi connectivity index (χ4v) is 2.84. The number of ether oxygens (including phenoxy) is 1. The Kier molecular flexibility index (Phi) is 3.73. The van der Waals surface area contributed by atoms with Crippen LogP contribution in [0.15, 0.2) is 30.5 Å². The van der Waals surface area contributed by atoms with Gasteiger partial charge in [-0.25, -0.2) is 4.79 Å². The summed E-state index contributed by atoms with van der Waals surface area (Å²) in [5, 5.41) is 2.85. The zero-order valence-corrected chi connectivity index (χ0v) is 12.4. The minimum atomic E-state index is 0.0378. The van der Waals surface area contributed by atoms with Gasteiger partial charge < -0.3 is 19.9 Å². The lowest BCUT2D eigenvalue weighted by Gasteiger charge is -2.36. The zero-order valence-electron chi connectivity index (χ0n) is 12.4. The topological polar surface area (TPSA) is 44.8 Å². The van der Waals surface area contributed by atoms with E-state index in [2.05, 4.69) is 28.9 Å². The van der Waals surface area contributed by atoms with Crippen molar-refractivity contribution in [2.75, 3.05) is 37.6 Å². The lowest BCUT2D eigenvalue weighted by molar-refractivity contribution is 0.195. The maximum Gasteiger partial charge on any atom is 0.317 e. The van der Waals surface area contributed by atoms with Crippen LogP contribution in [0.1, 0.15) is 12.5 Å². The summed E-state index contributed by atoms with van der Waals surface area (Å²) in [6.07, 6.45) is 0.794. The Morgan fingerprint density at radius 3 is 2.81 bits per heavy atom. The van der Waals surface area contributed by atoms with Crippen LogP contribution in [-0.4, -0.2) is 43.7 Å². The SMILES string of the molecule is C=C1Cc2cc(N3CCN(C(=O)NCC)CC3)ccc2O1. The van der Waals surface area contributed by atoms with E-state index in [0.717, 1.165) is 44.1 Å². The van der Waals surface area contributed by atoms with Crippen molar-refractivity contribution in [3.63, 3.8) is 0 Å². The van der Waals surface area contributed by atoms with E-state index in [4.69, 9.17) is 4.74 Å². The first-order chi connectivity index (χ1) is 10.2. The Bertz CT molecular complexity index is 563. The van der Waals surface area contributed by atoms with Crippen molar-refractivity contribution in [1.82, 2.24) is 10.2 Å². The number of hydrogen-bond acceptors (Lipinski definition) is 3. The first-order valence-corrected chi connectivity index (χ1v) is 7.43. The molecule has 1 saturated heterocycles. The largest absolute Gasteiger partial charge is 0.462 e. The third-order valence-corrected chi connectivity index (χ3v) is 3.95. The van der Waals surface area contributed by atoms with Gasteiger partial charge in [-0.05, 0) is 25.1 Å². The van der Waals surface area contributed by atoms with Crippen LogP contribution in [0.25, 0.3) is 0 Å². The Balaban J connectivity index is 1.64. The average Bonchev–Trinajstić information content (AvgIpc) is 2.86. The lowest BCUT2D eigenvalue weighted by atomic mass is 10.1. The van der Waals surface area contributed by atoms with Gasteiger partial charge in [0.25, 0.3) is 0 Å². The first kappa shape index (κ1) is 13.8.